The summed E-state index contributed by atoms with van der Waals surface area (Å²) in [5, 5.41) is 10.3. The van der Waals surface area contributed by atoms with Crippen LogP contribution in [0.1, 0.15) is 52.0 Å². The molecule has 2 aromatic heterocycles. The van der Waals surface area contributed by atoms with Gasteiger partial charge in [0.1, 0.15) is 11.3 Å². The molecule has 4 aliphatic rings. The van der Waals surface area contributed by atoms with E-state index in [-0.39, 0.29) is 29.8 Å². The highest BCUT2D eigenvalue weighted by atomic mass is 16.5. The maximum absolute atomic E-state index is 14.0. The van der Waals surface area contributed by atoms with Crippen LogP contribution in [0.15, 0.2) is 66.7 Å². The van der Waals surface area contributed by atoms with Gasteiger partial charge in [-0.05, 0) is 86.1 Å². The van der Waals surface area contributed by atoms with Crippen molar-refractivity contribution in [1.82, 2.24) is 23.9 Å². The first-order valence-corrected chi connectivity index (χ1v) is 17.4. The number of aromatic nitrogens is 3. The molecule has 3 aromatic carbocycles. The number of amides is 2. The topological polar surface area (TPSA) is 122 Å². The van der Waals surface area contributed by atoms with Crippen molar-refractivity contribution in [3.8, 4) is 23.3 Å². The van der Waals surface area contributed by atoms with Crippen LogP contribution in [0, 0.1) is 29.1 Å². The van der Waals surface area contributed by atoms with Gasteiger partial charge in [0.15, 0.2) is 5.82 Å². The number of rotatable bonds is 8. The van der Waals surface area contributed by atoms with E-state index in [0.29, 0.717) is 60.5 Å². The van der Waals surface area contributed by atoms with E-state index in [1.807, 2.05) is 21.9 Å². The normalized spacial score (nSPS) is 21.8. The number of methoxy groups -OCH3 is 1. The summed E-state index contributed by atoms with van der Waals surface area (Å²) in [4.78, 5) is 36.3. The number of benzene rings is 3. The Hall–Kier alpha value is -5.14. The van der Waals surface area contributed by atoms with Gasteiger partial charge >= 0.3 is 0 Å². The fraction of sp³-hybridized carbons (Fsp3) is 0.385. The number of carbonyl (C=O) groups excluding carboxylic acids is 2. The van der Waals surface area contributed by atoms with Gasteiger partial charge in [0.25, 0.3) is 11.8 Å². The summed E-state index contributed by atoms with van der Waals surface area (Å²) in [5.74, 6) is 2.63. The maximum atomic E-state index is 14.0. The van der Waals surface area contributed by atoms with Gasteiger partial charge < -0.3 is 29.4 Å². The monoisotopic (exact) mass is 653 g/mol. The summed E-state index contributed by atoms with van der Waals surface area (Å²) >= 11 is 0. The van der Waals surface area contributed by atoms with Crippen molar-refractivity contribution in [2.24, 2.45) is 23.5 Å². The molecule has 2 bridgehead atoms. The first-order chi connectivity index (χ1) is 23.9. The van der Waals surface area contributed by atoms with Crippen LogP contribution in [0.25, 0.3) is 33.5 Å². The molecule has 2 amide bonds. The van der Waals surface area contributed by atoms with E-state index in [2.05, 4.69) is 45.5 Å². The summed E-state index contributed by atoms with van der Waals surface area (Å²) in [7, 11) is 1.65. The molecule has 0 spiro atoms. The van der Waals surface area contributed by atoms with E-state index in [9.17, 15) is 9.59 Å². The zero-order valence-corrected chi connectivity index (χ0v) is 27.6. The minimum atomic E-state index is -0.0305. The van der Waals surface area contributed by atoms with Crippen molar-refractivity contribution in [2.75, 3.05) is 26.7 Å². The van der Waals surface area contributed by atoms with Gasteiger partial charge in [0.2, 0.25) is 0 Å². The lowest BCUT2D eigenvalue weighted by atomic mass is 9.98. The van der Waals surface area contributed by atoms with Crippen LogP contribution < -0.4 is 10.5 Å². The number of ether oxygens (including phenoxy) is 1. The second-order valence-corrected chi connectivity index (χ2v) is 14.4. The molecule has 2 aliphatic carbocycles. The minimum absolute atomic E-state index is 0.0160. The van der Waals surface area contributed by atoms with Gasteiger partial charge in [0.05, 0.1) is 30.0 Å². The molecule has 4 fully saturated rings. The maximum Gasteiger partial charge on any atom is 0.254 e. The second kappa shape index (κ2) is 11.5. The number of nitrogens with zero attached hydrogens (tertiary/aromatic N) is 6. The number of para-hydroxylation sites is 1. The van der Waals surface area contributed by atoms with Gasteiger partial charge in [-0.3, -0.25) is 9.59 Å². The van der Waals surface area contributed by atoms with Crippen LogP contribution in [0.2, 0.25) is 0 Å². The quantitative estimate of drug-likeness (QED) is 0.243. The van der Waals surface area contributed by atoms with Crippen molar-refractivity contribution in [1.29, 1.82) is 5.26 Å². The van der Waals surface area contributed by atoms with E-state index in [1.165, 1.54) is 23.7 Å². The van der Waals surface area contributed by atoms with Gasteiger partial charge in [-0.1, -0.05) is 18.2 Å². The summed E-state index contributed by atoms with van der Waals surface area (Å²) in [6, 6.07) is 23.6. The number of nitrogens with two attached hydrogens (primary N) is 1. The molecule has 248 valence electrons. The number of piperidine rings is 1. The predicted molar refractivity (Wildman–Crippen MR) is 186 cm³/mol. The van der Waals surface area contributed by atoms with Crippen LogP contribution in [-0.2, 0) is 13.1 Å². The minimum Gasteiger partial charge on any atom is -0.494 e. The van der Waals surface area contributed by atoms with Crippen molar-refractivity contribution >= 4 is 33.8 Å². The summed E-state index contributed by atoms with van der Waals surface area (Å²) in [5.41, 5.74) is 12.0. The Balaban J connectivity index is 1.10. The van der Waals surface area contributed by atoms with Gasteiger partial charge in [-0.25, -0.2) is 4.98 Å². The Morgan fingerprint density at radius 2 is 1.67 bits per heavy atom. The number of imidazole rings is 1. The fourth-order valence-electron chi connectivity index (χ4n) is 8.46. The standard InChI is InChI=1S/C39H39N7O3/c1-49-34-16-29(39(48)45-22-28-12-13-32(45)35(28)41)14-30-36(34)46(21-25-18-43(19-25)38(47)26-10-8-23(17-40)9-11-26)37(42-30)33-15-27-4-2-3-5-31(27)44(33)20-24-6-7-24/h2-5,8-11,14-16,24-25,28,32,35H,6-7,12-13,18-22,41H2,1H3/t28?,32?,35-/m1/s1. The molecule has 4 heterocycles. The van der Waals surface area contributed by atoms with Crippen LogP contribution >= 0.6 is 0 Å². The second-order valence-electron chi connectivity index (χ2n) is 14.4. The Morgan fingerprint density at radius 3 is 2.37 bits per heavy atom. The molecule has 9 rings (SSSR count). The fourth-order valence-corrected chi connectivity index (χ4v) is 8.46. The number of hydrogen-bond donors (Lipinski definition) is 1. The first kappa shape index (κ1) is 30.0. The number of fused-ring (bicyclic) bond motifs is 4. The first-order valence-electron chi connectivity index (χ1n) is 17.4. The van der Waals surface area contributed by atoms with Crippen molar-refractivity contribution < 1.29 is 14.3 Å². The summed E-state index contributed by atoms with van der Waals surface area (Å²) < 4.78 is 10.7. The molecule has 2 saturated heterocycles. The van der Waals surface area contributed by atoms with Crippen LogP contribution in [0.3, 0.4) is 0 Å². The smallest absolute Gasteiger partial charge is 0.254 e. The Labute approximate surface area is 284 Å². The molecule has 2 saturated carbocycles. The molecule has 10 nitrogen and oxygen atoms in total. The van der Waals surface area contributed by atoms with Crippen molar-refractivity contribution in [2.45, 2.75) is 50.9 Å². The molecular formula is C39H39N7O3. The Kier molecular flexibility index (Phi) is 7.02. The lowest BCUT2D eigenvalue weighted by molar-refractivity contribution is 0.0471. The molecule has 2 N–H and O–H groups in total. The van der Waals surface area contributed by atoms with Crippen molar-refractivity contribution in [3.63, 3.8) is 0 Å². The summed E-state index contributed by atoms with van der Waals surface area (Å²) in [6.45, 7) is 3.49. The number of likely N-dealkylation sites (tertiary alicyclic amines) is 2. The molecule has 10 heteroatoms. The van der Waals surface area contributed by atoms with E-state index in [4.69, 9.17) is 20.7 Å². The zero-order valence-electron chi connectivity index (χ0n) is 27.6. The number of carbonyl (C=O) groups is 2. The van der Waals surface area contributed by atoms with E-state index >= 15 is 0 Å². The predicted octanol–water partition coefficient (Wildman–Crippen LogP) is 5.28. The average molecular weight is 654 g/mol. The van der Waals surface area contributed by atoms with Crippen LogP contribution in [0.5, 0.6) is 5.75 Å². The SMILES string of the molecule is COc1cc(C(=O)N2CC3CCC2[C@@H]3N)cc2nc(-c3cc4ccccc4n3CC3CC3)n(CC3CN(C(=O)c4ccc(C#N)cc4)C3)c12. The van der Waals surface area contributed by atoms with Crippen molar-refractivity contribution in [3.05, 3.63) is 83.4 Å². The Bertz CT molecular complexity index is 2170. The third-order valence-corrected chi connectivity index (χ3v) is 11.3. The number of nitriles is 1. The molecular weight excluding hydrogens is 614 g/mol. The Morgan fingerprint density at radius 1 is 0.898 bits per heavy atom. The van der Waals surface area contributed by atoms with Gasteiger partial charge in [-0.15, -0.1) is 0 Å². The molecule has 3 atom stereocenters. The van der Waals surface area contributed by atoms with Gasteiger partial charge in [-0.2, -0.15) is 5.26 Å². The van der Waals surface area contributed by atoms with E-state index in [0.717, 1.165) is 41.9 Å². The third-order valence-electron chi connectivity index (χ3n) is 11.3. The molecule has 0 radical (unpaired) electrons. The largest absolute Gasteiger partial charge is 0.494 e. The number of hydrogen-bond acceptors (Lipinski definition) is 6. The van der Waals surface area contributed by atoms with E-state index < -0.39 is 0 Å². The lowest BCUT2D eigenvalue weighted by Gasteiger charge is -2.40. The van der Waals surface area contributed by atoms with Crippen LogP contribution in [-0.4, -0.2) is 74.6 Å². The van der Waals surface area contributed by atoms with Crippen LogP contribution in [0.4, 0.5) is 0 Å². The van der Waals surface area contributed by atoms with Gasteiger partial charge in [0, 0.05) is 72.8 Å². The highest BCUT2D eigenvalue weighted by Crippen LogP contribution is 2.41. The molecule has 2 unspecified atom stereocenters. The van der Waals surface area contributed by atoms with E-state index in [1.54, 1.807) is 31.4 Å². The average Bonchev–Trinajstić information content (AvgIpc) is 3.47. The molecule has 5 aromatic rings. The zero-order chi connectivity index (χ0) is 33.4. The lowest BCUT2D eigenvalue weighted by Crippen LogP contribution is -2.51. The highest BCUT2D eigenvalue weighted by Gasteiger charge is 2.47. The highest BCUT2D eigenvalue weighted by molar-refractivity contribution is 6.01. The summed E-state index contributed by atoms with van der Waals surface area (Å²) in [6.07, 6.45) is 4.50. The third kappa shape index (κ3) is 4.98. The molecule has 49 heavy (non-hydrogen) atoms. The molecule has 2 aliphatic heterocycles.